The molecular formula is C31H30O4. The maximum atomic E-state index is 6.58. The second kappa shape index (κ2) is 10.3. The van der Waals surface area contributed by atoms with Crippen molar-refractivity contribution in [3.8, 4) is 11.5 Å². The van der Waals surface area contributed by atoms with Crippen LogP contribution in [0.5, 0.6) is 11.5 Å². The fourth-order valence-electron chi connectivity index (χ4n) is 4.51. The zero-order valence-corrected chi connectivity index (χ0v) is 20.0. The van der Waals surface area contributed by atoms with E-state index in [-0.39, 0.29) is 0 Å². The van der Waals surface area contributed by atoms with Gasteiger partial charge in [-0.1, -0.05) is 97.1 Å². The molecule has 0 saturated carbocycles. The Bertz CT molecular complexity index is 1080. The highest BCUT2D eigenvalue weighted by Gasteiger charge is 2.51. The van der Waals surface area contributed by atoms with Gasteiger partial charge in [-0.2, -0.15) is 0 Å². The molecule has 0 amide bonds. The Morgan fingerprint density at radius 3 is 1.17 bits per heavy atom. The Kier molecular flexibility index (Phi) is 6.84. The Balaban J connectivity index is 1.56. The van der Waals surface area contributed by atoms with Crippen LogP contribution in [-0.2, 0) is 9.47 Å². The lowest BCUT2D eigenvalue weighted by Crippen LogP contribution is -2.38. The van der Waals surface area contributed by atoms with Crippen molar-refractivity contribution >= 4 is 0 Å². The topological polar surface area (TPSA) is 36.9 Å². The van der Waals surface area contributed by atoms with Gasteiger partial charge >= 0.3 is 0 Å². The summed E-state index contributed by atoms with van der Waals surface area (Å²) >= 11 is 0. The molecule has 1 aliphatic heterocycles. The summed E-state index contributed by atoms with van der Waals surface area (Å²) in [6.07, 6.45) is -1.67. The first-order valence-electron chi connectivity index (χ1n) is 12.0. The van der Waals surface area contributed by atoms with E-state index in [1.54, 1.807) is 0 Å². The molecule has 2 unspecified atom stereocenters. The minimum atomic E-state index is -0.810. The number of rotatable bonds is 8. The van der Waals surface area contributed by atoms with Crippen LogP contribution in [0, 0.1) is 0 Å². The van der Waals surface area contributed by atoms with Gasteiger partial charge in [0.15, 0.2) is 18.0 Å². The fourth-order valence-corrected chi connectivity index (χ4v) is 4.51. The van der Waals surface area contributed by atoms with E-state index in [0.717, 1.165) is 22.6 Å². The number of hydrogen-bond donors (Lipinski definition) is 0. The largest absolute Gasteiger partial charge is 0.483 e. The average Bonchev–Trinajstić information content (AvgIpc) is 3.22. The van der Waals surface area contributed by atoms with Crippen LogP contribution in [0.2, 0.25) is 0 Å². The normalized spacial score (nSPS) is 20.6. The molecule has 0 radical (unpaired) electrons. The highest BCUT2D eigenvalue weighted by molar-refractivity contribution is 5.29. The monoisotopic (exact) mass is 466 g/mol. The highest BCUT2D eigenvalue weighted by atomic mass is 16.8. The standard InChI is InChI=1S/C31H30O4/c1-31(2)34-29(27(23-15-7-3-8-16-23)32-25-19-11-5-12-20-25)30(35-31)28(24-17-9-4-10-18-24)33-26-21-13-6-14-22-26/h3-22,27-30H,1-2H3/t27?,28?,29-,30-/m1/s1. The quantitative estimate of drug-likeness (QED) is 0.276. The van der Waals surface area contributed by atoms with E-state index >= 15 is 0 Å². The number of hydrogen-bond acceptors (Lipinski definition) is 4. The first-order valence-corrected chi connectivity index (χ1v) is 12.0. The molecular weight excluding hydrogens is 436 g/mol. The summed E-state index contributed by atoms with van der Waals surface area (Å²) in [6, 6.07) is 40.0. The van der Waals surface area contributed by atoms with Crippen LogP contribution in [0.15, 0.2) is 121 Å². The van der Waals surface area contributed by atoms with Crippen molar-refractivity contribution < 1.29 is 18.9 Å². The van der Waals surface area contributed by atoms with Crippen LogP contribution < -0.4 is 9.47 Å². The van der Waals surface area contributed by atoms with Gasteiger partial charge in [-0.15, -0.1) is 0 Å². The molecule has 35 heavy (non-hydrogen) atoms. The van der Waals surface area contributed by atoms with Crippen LogP contribution in [0.25, 0.3) is 0 Å². The van der Waals surface area contributed by atoms with E-state index in [0.29, 0.717) is 0 Å². The summed E-state index contributed by atoms with van der Waals surface area (Å²) in [5.41, 5.74) is 2.03. The van der Waals surface area contributed by atoms with E-state index in [2.05, 4.69) is 24.3 Å². The third-order valence-electron chi connectivity index (χ3n) is 6.03. The zero-order valence-electron chi connectivity index (χ0n) is 20.0. The molecule has 0 N–H and O–H groups in total. The minimum Gasteiger partial charge on any atom is -0.483 e. The van der Waals surface area contributed by atoms with Crippen molar-refractivity contribution in [2.24, 2.45) is 0 Å². The van der Waals surface area contributed by atoms with Gasteiger partial charge in [0.05, 0.1) is 0 Å². The van der Waals surface area contributed by atoms with Crippen LogP contribution in [0.3, 0.4) is 0 Å². The Hall–Kier alpha value is -3.60. The van der Waals surface area contributed by atoms with Crippen molar-refractivity contribution in [1.82, 2.24) is 0 Å². The lowest BCUT2D eigenvalue weighted by Gasteiger charge is -2.32. The molecule has 1 aliphatic rings. The van der Waals surface area contributed by atoms with Crippen molar-refractivity contribution in [2.75, 3.05) is 0 Å². The number of ether oxygens (including phenoxy) is 4. The lowest BCUT2D eigenvalue weighted by atomic mass is 9.93. The molecule has 1 heterocycles. The summed E-state index contributed by atoms with van der Waals surface area (Å²) in [6.45, 7) is 3.88. The van der Waals surface area contributed by atoms with E-state index < -0.39 is 30.2 Å². The predicted octanol–water partition coefficient (Wildman–Crippen LogP) is 7.15. The third kappa shape index (κ3) is 5.56. The molecule has 5 rings (SSSR count). The molecule has 1 saturated heterocycles. The van der Waals surface area contributed by atoms with Gasteiger partial charge < -0.3 is 18.9 Å². The van der Waals surface area contributed by atoms with Gasteiger partial charge in [0.1, 0.15) is 23.7 Å². The molecule has 4 atom stereocenters. The van der Waals surface area contributed by atoms with Crippen molar-refractivity contribution in [2.45, 2.75) is 44.1 Å². The second-order valence-electron chi connectivity index (χ2n) is 9.09. The minimum absolute atomic E-state index is 0.407. The molecule has 1 fully saturated rings. The molecule has 0 spiro atoms. The fraction of sp³-hybridized carbons (Fsp3) is 0.226. The maximum Gasteiger partial charge on any atom is 0.164 e. The molecule has 4 aromatic carbocycles. The molecule has 0 bridgehead atoms. The molecule has 0 aromatic heterocycles. The van der Waals surface area contributed by atoms with Crippen molar-refractivity contribution in [3.05, 3.63) is 132 Å². The molecule has 4 heteroatoms. The van der Waals surface area contributed by atoms with E-state index in [1.807, 2.05) is 111 Å². The van der Waals surface area contributed by atoms with Crippen molar-refractivity contribution in [1.29, 1.82) is 0 Å². The van der Waals surface area contributed by atoms with Crippen molar-refractivity contribution in [3.63, 3.8) is 0 Å². The summed E-state index contributed by atoms with van der Waals surface area (Å²) in [7, 11) is 0. The third-order valence-corrected chi connectivity index (χ3v) is 6.03. The number of para-hydroxylation sites is 2. The summed E-state index contributed by atoms with van der Waals surface area (Å²) in [4.78, 5) is 0. The lowest BCUT2D eigenvalue weighted by molar-refractivity contribution is -0.159. The molecule has 0 aliphatic carbocycles. The van der Waals surface area contributed by atoms with E-state index in [1.165, 1.54) is 0 Å². The maximum absolute atomic E-state index is 6.58. The molecule has 4 nitrogen and oxygen atoms in total. The first-order chi connectivity index (χ1) is 17.1. The SMILES string of the molecule is CC1(C)O[C@H](C(Oc2ccccc2)c2ccccc2)[C@@H](C(Oc2ccccc2)c2ccccc2)O1. The van der Waals surface area contributed by atoms with Crippen LogP contribution in [-0.4, -0.2) is 18.0 Å². The van der Waals surface area contributed by atoms with Gasteiger partial charge in [-0.3, -0.25) is 0 Å². The summed E-state index contributed by atoms with van der Waals surface area (Å²) < 4.78 is 26.3. The number of benzene rings is 4. The van der Waals surface area contributed by atoms with E-state index in [9.17, 15) is 0 Å². The summed E-state index contributed by atoms with van der Waals surface area (Å²) in [5, 5.41) is 0. The van der Waals surface area contributed by atoms with Gasteiger partial charge in [-0.05, 0) is 49.2 Å². The highest BCUT2D eigenvalue weighted by Crippen LogP contribution is 2.43. The Morgan fingerprint density at radius 2 is 0.829 bits per heavy atom. The van der Waals surface area contributed by atoms with Gasteiger partial charge in [0.25, 0.3) is 0 Å². The van der Waals surface area contributed by atoms with E-state index in [4.69, 9.17) is 18.9 Å². The summed E-state index contributed by atoms with van der Waals surface area (Å²) in [5.74, 6) is 0.734. The van der Waals surface area contributed by atoms with Crippen LogP contribution >= 0.6 is 0 Å². The second-order valence-corrected chi connectivity index (χ2v) is 9.09. The molecule has 178 valence electrons. The zero-order chi connectivity index (χ0) is 24.1. The average molecular weight is 467 g/mol. The van der Waals surface area contributed by atoms with Crippen LogP contribution in [0.1, 0.15) is 37.2 Å². The Labute approximate surface area is 207 Å². The van der Waals surface area contributed by atoms with Crippen LogP contribution in [0.4, 0.5) is 0 Å². The van der Waals surface area contributed by atoms with Gasteiger partial charge in [0.2, 0.25) is 0 Å². The van der Waals surface area contributed by atoms with Gasteiger partial charge in [0, 0.05) is 0 Å². The smallest absolute Gasteiger partial charge is 0.164 e. The Morgan fingerprint density at radius 1 is 0.514 bits per heavy atom. The first kappa shape index (κ1) is 23.2. The predicted molar refractivity (Wildman–Crippen MR) is 136 cm³/mol. The molecule has 4 aromatic rings. The van der Waals surface area contributed by atoms with Gasteiger partial charge in [-0.25, -0.2) is 0 Å².